The fraction of sp³-hybridized carbons (Fsp3) is 0.316. The molecule has 10 nitrogen and oxygen atoms in total. The lowest BCUT2D eigenvalue weighted by Crippen LogP contribution is -2.28. The van der Waals surface area contributed by atoms with Gasteiger partial charge in [-0.05, 0) is 24.3 Å². The zero-order valence-electron chi connectivity index (χ0n) is 16.7. The number of ether oxygens (including phenoxy) is 1. The molecule has 2 fully saturated rings. The van der Waals surface area contributed by atoms with Crippen LogP contribution < -0.4 is 9.80 Å². The number of hydrogen-bond donors (Lipinski definition) is 2. The van der Waals surface area contributed by atoms with Crippen LogP contribution >= 0.6 is 7.82 Å². The summed E-state index contributed by atoms with van der Waals surface area (Å²) in [5.74, 6) is -2.59. The van der Waals surface area contributed by atoms with Gasteiger partial charge in [-0.15, -0.1) is 0 Å². The Balaban J connectivity index is 1.53. The number of carbonyl (C=O) groups is 2. The van der Waals surface area contributed by atoms with Gasteiger partial charge >= 0.3 is 13.9 Å². The molecule has 1 aromatic heterocycles. The predicted octanol–water partition coefficient (Wildman–Crippen LogP) is 2.54. The van der Waals surface area contributed by atoms with Crippen LogP contribution in [0.1, 0.15) is 6.42 Å². The first-order valence-electron chi connectivity index (χ1n) is 9.62. The Kier molecular flexibility index (Phi) is 6.14. The molecule has 1 aromatic carbocycles. The van der Waals surface area contributed by atoms with Crippen molar-refractivity contribution >= 4 is 31.3 Å². The summed E-state index contributed by atoms with van der Waals surface area (Å²) in [6.45, 7) is -0.696. The summed E-state index contributed by atoms with van der Waals surface area (Å²) in [4.78, 5) is 47.3. The first kappa shape index (κ1) is 23.2. The van der Waals surface area contributed by atoms with Crippen molar-refractivity contribution in [1.29, 1.82) is 0 Å². The molecule has 2 aliphatic heterocycles. The fourth-order valence-corrected chi connectivity index (χ4v) is 3.92. The summed E-state index contributed by atoms with van der Waals surface area (Å²) in [5.41, 5.74) is -0.540. The second-order valence-corrected chi connectivity index (χ2v) is 8.58. The third-order valence-corrected chi connectivity index (χ3v) is 5.58. The second-order valence-electron chi connectivity index (χ2n) is 7.34. The molecule has 3 heterocycles. The van der Waals surface area contributed by atoms with Gasteiger partial charge in [-0.1, -0.05) is 0 Å². The molecule has 14 heteroatoms. The van der Waals surface area contributed by atoms with Crippen molar-refractivity contribution in [2.24, 2.45) is 0 Å². The minimum absolute atomic E-state index is 0.0399. The van der Waals surface area contributed by atoms with Gasteiger partial charge in [0.15, 0.2) is 6.17 Å². The van der Waals surface area contributed by atoms with Gasteiger partial charge in [0.05, 0.1) is 24.4 Å². The lowest BCUT2D eigenvalue weighted by Gasteiger charge is -2.16. The van der Waals surface area contributed by atoms with Crippen LogP contribution in [0.4, 0.5) is 29.5 Å². The third-order valence-electron chi connectivity index (χ3n) is 5.09. The highest BCUT2D eigenvalue weighted by molar-refractivity contribution is 7.46. The van der Waals surface area contributed by atoms with Crippen LogP contribution in [0.15, 0.2) is 30.5 Å². The summed E-state index contributed by atoms with van der Waals surface area (Å²) in [6, 6.07) is 4.48. The SMILES string of the molecule is O=C1O[C@@H](COP(=O)(O)O)CN1c1cc(F)c(-c2ccc(N3CCC(F)C3=O)nc2)c(F)c1. The summed E-state index contributed by atoms with van der Waals surface area (Å²) < 4.78 is 63.0. The average Bonchev–Trinajstić information content (AvgIpc) is 3.28. The van der Waals surface area contributed by atoms with Crippen molar-refractivity contribution < 1.29 is 46.4 Å². The Morgan fingerprint density at radius 1 is 1.18 bits per heavy atom. The lowest BCUT2D eigenvalue weighted by molar-refractivity contribution is -0.121. The van der Waals surface area contributed by atoms with Gasteiger partial charge in [0, 0.05) is 24.7 Å². The Morgan fingerprint density at radius 2 is 1.88 bits per heavy atom. The largest absolute Gasteiger partial charge is 0.469 e. The molecular weight excluding hydrogens is 470 g/mol. The molecule has 0 spiro atoms. The van der Waals surface area contributed by atoms with Crippen molar-refractivity contribution in [2.75, 3.05) is 29.5 Å². The molecule has 2 atom stereocenters. The number of rotatable bonds is 6. The maximum atomic E-state index is 14.8. The number of nitrogens with zero attached hydrogens (tertiary/aromatic N) is 3. The number of halogens is 3. The van der Waals surface area contributed by atoms with E-state index in [4.69, 9.17) is 14.5 Å². The van der Waals surface area contributed by atoms with Gasteiger partial charge < -0.3 is 14.5 Å². The second kappa shape index (κ2) is 8.75. The van der Waals surface area contributed by atoms with E-state index >= 15 is 0 Å². The van der Waals surface area contributed by atoms with Crippen molar-refractivity contribution in [3.05, 3.63) is 42.1 Å². The highest BCUT2D eigenvalue weighted by Gasteiger charge is 2.35. The van der Waals surface area contributed by atoms with Crippen LogP contribution in [-0.4, -0.2) is 58.7 Å². The number of alkyl halides is 1. The Morgan fingerprint density at radius 3 is 2.42 bits per heavy atom. The zero-order chi connectivity index (χ0) is 23.9. The molecule has 4 rings (SSSR count). The van der Waals surface area contributed by atoms with Crippen LogP contribution in [0.25, 0.3) is 11.1 Å². The number of aromatic nitrogens is 1. The topological polar surface area (TPSA) is 130 Å². The van der Waals surface area contributed by atoms with E-state index in [9.17, 15) is 27.3 Å². The number of cyclic esters (lactones) is 1. The number of carbonyl (C=O) groups excluding carboxylic acids is 2. The molecule has 2 aliphatic rings. The summed E-state index contributed by atoms with van der Waals surface area (Å²) >= 11 is 0. The van der Waals surface area contributed by atoms with Crippen molar-refractivity contribution in [3.8, 4) is 11.1 Å². The van der Waals surface area contributed by atoms with E-state index in [-0.39, 0.29) is 36.6 Å². The number of anilines is 2. The number of phosphoric ester groups is 1. The zero-order valence-corrected chi connectivity index (χ0v) is 17.6. The number of amides is 2. The van der Waals surface area contributed by atoms with Crippen LogP contribution in [0.5, 0.6) is 0 Å². The van der Waals surface area contributed by atoms with Crippen LogP contribution in [-0.2, 0) is 18.6 Å². The maximum absolute atomic E-state index is 14.8. The monoisotopic (exact) mass is 487 g/mol. The van der Waals surface area contributed by atoms with Crippen LogP contribution in [0.2, 0.25) is 0 Å². The van der Waals surface area contributed by atoms with E-state index in [0.29, 0.717) is 0 Å². The van der Waals surface area contributed by atoms with Crippen LogP contribution in [0.3, 0.4) is 0 Å². The third kappa shape index (κ3) is 4.86. The van der Waals surface area contributed by atoms with Crippen molar-refractivity contribution in [2.45, 2.75) is 18.7 Å². The molecule has 0 aliphatic carbocycles. The quantitative estimate of drug-likeness (QED) is 0.595. The van der Waals surface area contributed by atoms with E-state index in [1.165, 1.54) is 12.1 Å². The van der Waals surface area contributed by atoms with Gasteiger partial charge in [0.25, 0.3) is 5.91 Å². The van der Waals surface area contributed by atoms with E-state index < -0.39 is 55.9 Å². The minimum atomic E-state index is -4.78. The normalized spacial score (nSPS) is 21.1. The van der Waals surface area contributed by atoms with E-state index in [2.05, 4.69) is 9.51 Å². The van der Waals surface area contributed by atoms with E-state index in [1.54, 1.807) is 0 Å². The minimum Gasteiger partial charge on any atom is -0.441 e. The summed E-state index contributed by atoms with van der Waals surface area (Å²) in [6.07, 6.45) is -2.43. The van der Waals surface area contributed by atoms with Gasteiger partial charge in [-0.3, -0.25) is 19.1 Å². The van der Waals surface area contributed by atoms with Gasteiger partial charge in [-0.2, -0.15) is 0 Å². The molecule has 33 heavy (non-hydrogen) atoms. The summed E-state index contributed by atoms with van der Waals surface area (Å²) in [5, 5.41) is 0. The predicted molar refractivity (Wildman–Crippen MR) is 107 cm³/mol. The number of phosphoric acid groups is 1. The van der Waals surface area contributed by atoms with E-state index in [0.717, 1.165) is 28.1 Å². The smallest absolute Gasteiger partial charge is 0.441 e. The van der Waals surface area contributed by atoms with E-state index in [1.807, 2.05) is 0 Å². The number of pyridine rings is 1. The summed E-state index contributed by atoms with van der Waals surface area (Å²) in [7, 11) is -4.78. The first-order valence-corrected chi connectivity index (χ1v) is 11.2. The molecular formula is C19H17F3N3O7P. The maximum Gasteiger partial charge on any atom is 0.469 e. The Labute approximate surface area is 184 Å². The van der Waals surface area contributed by atoms with Gasteiger partial charge in [0.1, 0.15) is 23.6 Å². The van der Waals surface area contributed by atoms with Gasteiger partial charge in [-0.25, -0.2) is 27.5 Å². The number of benzene rings is 1. The molecule has 2 aromatic rings. The molecule has 1 unspecified atom stereocenters. The standard InChI is InChI=1S/C19H17F3N3O7P/c20-13-3-4-24(18(13)26)16-2-1-10(7-23-16)17-14(21)5-11(6-15(17)22)25-8-12(32-19(25)27)9-31-33(28,29)30/h1-2,5-7,12-13H,3-4,8-9H2,(H2,28,29,30)/t12-,13?/m1/s1. The first-order chi connectivity index (χ1) is 15.5. The Bertz CT molecular complexity index is 1120. The fourth-order valence-electron chi connectivity index (χ4n) is 3.56. The Hall–Kier alpha value is -2.99. The van der Waals surface area contributed by atoms with Crippen molar-refractivity contribution in [1.82, 2.24) is 4.98 Å². The van der Waals surface area contributed by atoms with Crippen molar-refractivity contribution in [3.63, 3.8) is 0 Å². The van der Waals surface area contributed by atoms with Gasteiger partial charge in [0.2, 0.25) is 0 Å². The van der Waals surface area contributed by atoms with Crippen LogP contribution in [0, 0.1) is 11.6 Å². The molecule has 176 valence electrons. The highest BCUT2D eigenvalue weighted by Crippen LogP contribution is 2.37. The molecule has 0 radical (unpaired) electrons. The highest BCUT2D eigenvalue weighted by atomic mass is 31.2. The number of hydrogen-bond acceptors (Lipinski definition) is 6. The molecule has 2 saturated heterocycles. The average molecular weight is 487 g/mol. The molecule has 2 N–H and O–H groups in total. The molecule has 2 amide bonds. The molecule has 0 saturated carbocycles. The lowest BCUT2D eigenvalue weighted by atomic mass is 10.1. The molecule has 0 bridgehead atoms.